The lowest BCUT2D eigenvalue weighted by Gasteiger charge is -2.34. The number of nitrogens with two attached hydrogens (primary N) is 2. The van der Waals surface area contributed by atoms with E-state index in [9.17, 15) is 0 Å². The Kier molecular flexibility index (Phi) is 3.54. The highest BCUT2D eigenvalue weighted by Gasteiger charge is 2.25. The van der Waals surface area contributed by atoms with Gasteiger partial charge in [0.2, 0.25) is 0 Å². The first kappa shape index (κ1) is 13.5. The van der Waals surface area contributed by atoms with Crippen LogP contribution in [-0.2, 0) is 0 Å². The number of halogens is 1. The number of nitrogens with zero attached hydrogens (tertiary/aromatic N) is 2. The highest BCUT2D eigenvalue weighted by molar-refractivity contribution is 6.30. The van der Waals surface area contributed by atoms with Gasteiger partial charge in [0.1, 0.15) is 11.7 Å². The number of hydrogen-bond acceptors (Lipinski definition) is 4. The molecule has 1 heterocycles. The van der Waals surface area contributed by atoms with E-state index < -0.39 is 0 Å². The van der Waals surface area contributed by atoms with Gasteiger partial charge < -0.3 is 16.4 Å². The van der Waals surface area contributed by atoms with E-state index in [0.717, 1.165) is 11.3 Å². The average molecular weight is 299 g/mol. The molecule has 0 aromatic heterocycles. The topological polar surface area (TPSA) is 67.6 Å². The monoisotopic (exact) mass is 298 g/mol. The van der Waals surface area contributed by atoms with Crippen LogP contribution in [0.2, 0.25) is 5.02 Å². The van der Waals surface area contributed by atoms with Gasteiger partial charge >= 0.3 is 0 Å². The van der Waals surface area contributed by atoms with Crippen molar-refractivity contribution in [2.45, 2.75) is 6.17 Å². The maximum Gasteiger partial charge on any atom is 0.154 e. The Morgan fingerprint density at radius 2 is 1.62 bits per heavy atom. The summed E-state index contributed by atoms with van der Waals surface area (Å²) in [6, 6.07) is 17.4. The molecule has 0 unspecified atom stereocenters. The second kappa shape index (κ2) is 5.50. The van der Waals surface area contributed by atoms with Crippen LogP contribution in [0.25, 0.3) is 0 Å². The first-order chi connectivity index (χ1) is 10.1. The third kappa shape index (κ3) is 2.71. The van der Waals surface area contributed by atoms with Crippen LogP contribution in [0.3, 0.4) is 0 Å². The van der Waals surface area contributed by atoms with E-state index in [1.54, 1.807) is 6.08 Å². The summed E-state index contributed by atoms with van der Waals surface area (Å²) in [5.41, 5.74) is 14.0. The third-order valence-electron chi connectivity index (χ3n) is 3.29. The van der Waals surface area contributed by atoms with Crippen molar-refractivity contribution >= 4 is 23.1 Å². The number of aliphatic imine (C=N–C) groups is 1. The second-order valence-corrected chi connectivity index (χ2v) is 5.19. The van der Waals surface area contributed by atoms with Crippen molar-refractivity contribution in [3.05, 3.63) is 77.1 Å². The summed E-state index contributed by atoms with van der Waals surface area (Å²) in [5, 5.41) is 0.678. The Bertz CT molecular complexity index is 692. The molecule has 4 N–H and O–H groups in total. The Morgan fingerprint density at radius 1 is 0.952 bits per heavy atom. The standard InChI is InChI=1S/C16H15ClN4/c17-12-6-8-13(9-7-12)21-15(19)10-14(18)20-16(21)11-4-2-1-3-5-11/h1-10,16H,19H2,(H2,18,20)/t16-/m1/s1. The van der Waals surface area contributed by atoms with Gasteiger partial charge in [-0.1, -0.05) is 41.9 Å². The van der Waals surface area contributed by atoms with E-state index in [2.05, 4.69) is 4.99 Å². The van der Waals surface area contributed by atoms with Crippen molar-refractivity contribution in [3.63, 3.8) is 0 Å². The number of benzene rings is 2. The summed E-state index contributed by atoms with van der Waals surface area (Å²) in [5.74, 6) is 0.977. The molecule has 1 atom stereocenters. The quantitative estimate of drug-likeness (QED) is 0.895. The van der Waals surface area contributed by atoms with E-state index in [-0.39, 0.29) is 6.17 Å². The van der Waals surface area contributed by atoms with Crippen molar-refractivity contribution in [1.82, 2.24) is 0 Å². The third-order valence-corrected chi connectivity index (χ3v) is 3.54. The first-order valence-electron chi connectivity index (χ1n) is 6.55. The molecule has 5 heteroatoms. The maximum atomic E-state index is 6.16. The highest BCUT2D eigenvalue weighted by atomic mass is 35.5. The number of anilines is 1. The van der Waals surface area contributed by atoms with E-state index in [1.807, 2.05) is 59.5 Å². The lowest BCUT2D eigenvalue weighted by Crippen LogP contribution is -2.36. The molecule has 4 nitrogen and oxygen atoms in total. The van der Waals surface area contributed by atoms with Crippen LogP contribution in [-0.4, -0.2) is 5.84 Å². The summed E-state index contributed by atoms with van der Waals surface area (Å²) < 4.78 is 0. The van der Waals surface area contributed by atoms with E-state index in [4.69, 9.17) is 23.1 Å². The zero-order valence-corrected chi connectivity index (χ0v) is 12.0. The summed E-state index contributed by atoms with van der Waals surface area (Å²) in [6.45, 7) is 0. The molecule has 2 aromatic rings. The van der Waals surface area contributed by atoms with Crippen molar-refractivity contribution in [2.24, 2.45) is 16.5 Å². The fourth-order valence-corrected chi connectivity index (χ4v) is 2.47. The summed E-state index contributed by atoms with van der Waals surface area (Å²) >= 11 is 5.95. The normalized spacial score (nSPS) is 18.1. The van der Waals surface area contributed by atoms with Gasteiger partial charge in [-0.15, -0.1) is 0 Å². The Balaban J connectivity index is 2.07. The number of rotatable bonds is 2. The van der Waals surface area contributed by atoms with Gasteiger partial charge in [0.15, 0.2) is 6.17 Å². The predicted octanol–water partition coefficient (Wildman–Crippen LogP) is 3.02. The van der Waals surface area contributed by atoms with Gasteiger partial charge in [0, 0.05) is 16.8 Å². The van der Waals surface area contributed by atoms with Crippen LogP contribution in [0.1, 0.15) is 11.7 Å². The van der Waals surface area contributed by atoms with Crippen molar-refractivity contribution < 1.29 is 0 Å². The van der Waals surface area contributed by atoms with E-state index in [0.29, 0.717) is 16.7 Å². The molecule has 3 rings (SSSR count). The molecule has 1 aliphatic heterocycles. The maximum absolute atomic E-state index is 6.16. The fraction of sp³-hybridized carbons (Fsp3) is 0.0625. The van der Waals surface area contributed by atoms with Gasteiger partial charge in [0.05, 0.1) is 0 Å². The molecular weight excluding hydrogens is 284 g/mol. The Morgan fingerprint density at radius 3 is 2.29 bits per heavy atom. The van der Waals surface area contributed by atoms with Crippen molar-refractivity contribution in [1.29, 1.82) is 0 Å². The van der Waals surface area contributed by atoms with Gasteiger partial charge in [-0.05, 0) is 29.8 Å². The molecule has 0 radical (unpaired) electrons. The van der Waals surface area contributed by atoms with Crippen LogP contribution < -0.4 is 16.4 Å². The Labute approximate surface area is 128 Å². The van der Waals surface area contributed by atoms with E-state index >= 15 is 0 Å². The Hall–Kier alpha value is -2.46. The fourth-order valence-electron chi connectivity index (χ4n) is 2.34. The molecule has 0 saturated heterocycles. The van der Waals surface area contributed by atoms with Gasteiger partial charge in [-0.25, -0.2) is 4.99 Å². The molecule has 0 saturated carbocycles. The lowest BCUT2D eigenvalue weighted by atomic mass is 10.1. The lowest BCUT2D eigenvalue weighted by molar-refractivity contribution is 0.693. The second-order valence-electron chi connectivity index (χ2n) is 4.75. The minimum absolute atomic E-state index is 0.280. The van der Waals surface area contributed by atoms with Crippen LogP contribution in [0.4, 0.5) is 5.69 Å². The molecule has 0 fully saturated rings. The molecule has 0 bridgehead atoms. The zero-order valence-electron chi connectivity index (χ0n) is 11.3. The van der Waals surface area contributed by atoms with Crippen molar-refractivity contribution in [3.8, 4) is 0 Å². The highest BCUT2D eigenvalue weighted by Crippen LogP contribution is 2.33. The summed E-state index contributed by atoms with van der Waals surface area (Å²) in [4.78, 5) is 6.45. The number of amidine groups is 1. The molecule has 0 aliphatic carbocycles. The molecule has 1 aliphatic rings. The van der Waals surface area contributed by atoms with Gasteiger partial charge in [0.25, 0.3) is 0 Å². The largest absolute Gasteiger partial charge is 0.385 e. The van der Waals surface area contributed by atoms with Crippen LogP contribution in [0.15, 0.2) is 71.5 Å². The molecule has 0 spiro atoms. The minimum atomic E-state index is -0.280. The molecular formula is C16H15ClN4. The zero-order chi connectivity index (χ0) is 14.8. The van der Waals surface area contributed by atoms with Crippen molar-refractivity contribution in [2.75, 3.05) is 4.90 Å². The predicted molar refractivity (Wildman–Crippen MR) is 87.0 cm³/mol. The minimum Gasteiger partial charge on any atom is -0.385 e. The smallest absolute Gasteiger partial charge is 0.154 e. The van der Waals surface area contributed by atoms with Gasteiger partial charge in [-0.3, -0.25) is 0 Å². The number of hydrogen-bond donors (Lipinski definition) is 2. The SMILES string of the molecule is NC1=CC(N)=N[C@@H](c2ccccc2)N1c1ccc(Cl)cc1. The molecule has 106 valence electrons. The molecule has 0 amide bonds. The summed E-state index contributed by atoms with van der Waals surface area (Å²) in [7, 11) is 0. The summed E-state index contributed by atoms with van der Waals surface area (Å²) in [6.07, 6.45) is 1.38. The first-order valence-corrected chi connectivity index (χ1v) is 6.93. The van der Waals surface area contributed by atoms with Crippen LogP contribution in [0.5, 0.6) is 0 Å². The molecule has 21 heavy (non-hydrogen) atoms. The van der Waals surface area contributed by atoms with Crippen LogP contribution >= 0.6 is 11.6 Å². The molecule has 2 aromatic carbocycles. The average Bonchev–Trinajstić information content (AvgIpc) is 2.49. The van der Waals surface area contributed by atoms with Gasteiger partial charge in [-0.2, -0.15) is 0 Å². The van der Waals surface area contributed by atoms with E-state index in [1.165, 1.54) is 0 Å². The van der Waals surface area contributed by atoms with Crippen LogP contribution in [0, 0.1) is 0 Å².